The van der Waals surface area contributed by atoms with E-state index in [0.29, 0.717) is 23.0 Å². The van der Waals surface area contributed by atoms with E-state index in [4.69, 9.17) is 20.9 Å². The van der Waals surface area contributed by atoms with E-state index in [0.717, 1.165) is 12.8 Å². The van der Waals surface area contributed by atoms with E-state index in [-0.39, 0.29) is 10.7 Å². The lowest BCUT2D eigenvalue weighted by Gasteiger charge is -2.15. The Morgan fingerprint density at radius 3 is 2.75 bits per heavy atom. The number of aromatic nitrogens is 1. The summed E-state index contributed by atoms with van der Waals surface area (Å²) in [5.74, 6) is -0.448. The van der Waals surface area contributed by atoms with Gasteiger partial charge in [0.25, 0.3) is 5.91 Å². The molecule has 1 amide bonds. The molecule has 1 fully saturated rings. The molecular weight excluding hydrogens is 336 g/mol. The van der Waals surface area contributed by atoms with Crippen LogP contribution < -0.4 is 10.1 Å². The van der Waals surface area contributed by atoms with Gasteiger partial charge in [-0.05, 0) is 30.5 Å². The number of carboxylic acid groups (broad SMARTS) is 1. The molecule has 7 nitrogen and oxygen atoms in total. The van der Waals surface area contributed by atoms with Crippen molar-refractivity contribution >= 4 is 23.5 Å². The molecule has 0 aliphatic heterocycles. The topological polar surface area (TPSA) is 102 Å². The highest BCUT2D eigenvalue weighted by Gasteiger charge is 2.30. The Bertz CT molecular complexity index is 785. The Labute approximate surface area is 142 Å². The van der Waals surface area contributed by atoms with Gasteiger partial charge < -0.3 is 19.7 Å². The van der Waals surface area contributed by atoms with Gasteiger partial charge in [-0.25, -0.2) is 4.79 Å². The smallest absolute Gasteiger partial charge is 0.330 e. The molecule has 1 unspecified atom stereocenters. The summed E-state index contributed by atoms with van der Waals surface area (Å²) in [6, 6.07) is 4.80. The molecule has 1 aliphatic carbocycles. The molecular formula is C16H15ClN2O5. The summed E-state index contributed by atoms with van der Waals surface area (Å²) < 4.78 is 10.1. The average Bonchev–Trinajstić information content (AvgIpc) is 3.29. The SMILES string of the molecule is COc1ccc(C(NC(=O)c2cc(C3CC3)on2)C(=O)O)cc1Cl. The van der Waals surface area contributed by atoms with Gasteiger partial charge in [0.2, 0.25) is 0 Å². The number of halogens is 1. The fraction of sp³-hybridized carbons (Fsp3) is 0.312. The van der Waals surface area contributed by atoms with Crippen molar-refractivity contribution in [3.05, 3.63) is 46.3 Å². The highest BCUT2D eigenvalue weighted by atomic mass is 35.5. The molecule has 1 heterocycles. The molecule has 1 saturated carbocycles. The number of hydrogen-bond acceptors (Lipinski definition) is 5. The third kappa shape index (κ3) is 3.35. The summed E-state index contributed by atoms with van der Waals surface area (Å²) in [5.41, 5.74) is 0.385. The highest BCUT2D eigenvalue weighted by Crippen LogP contribution is 2.40. The number of amides is 1. The average molecular weight is 351 g/mol. The second kappa shape index (κ2) is 6.52. The number of aliphatic carboxylic acids is 1. The van der Waals surface area contributed by atoms with Gasteiger partial charge in [-0.15, -0.1) is 0 Å². The predicted molar refractivity (Wildman–Crippen MR) is 84.3 cm³/mol. The Kier molecular flexibility index (Phi) is 4.44. The summed E-state index contributed by atoms with van der Waals surface area (Å²) in [5, 5.41) is 15.8. The predicted octanol–water partition coefficient (Wildman–Crippen LogP) is 2.77. The normalized spacial score (nSPS) is 14.9. The minimum Gasteiger partial charge on any atom is -0.495 e. The number of benzene rings is 1. The Morgan fingerprint density at radius 2 is 2.17 bits per heavy atom. The quantitative estimate of drug-likeness (QED) is 0.830. The van der Waals surface area contributed by atoms with Crippen LogP contribution in [0.5, 0.6) is 5.75 Å². The first-order valence-corrected chi connectivity index (χ1v) is 7.71. The maximum absolute atomic E-state index is 12.2. The number of nitrogens with one attached hydrogen (secondary N) is 1. The number of carbonyl (C=O) groups is 2. The van der Waals surface area contributed by atoms with E-state index < -0.39 is 17.9 Å². The van der Waals surface area contributed by atoms with Crippen molar-refractivity contribution in [1.29, 1.82) is 0 Å². The number of rotatable bonds is 6. The number of carbonyl (C=O) groups excluding carboxylic acids is 1. The molecule has 1 aromatic heterocycles. The van der Waals surface area contributed by atoms with Gasteiger partial charge in [0.05, 0.1) is 12.1 Å². The van der Waals surface area contributed by atoms with E-state index >= 15 is 0 Å². The summed E-state index contributed by atoms with van der Waals surface area (Å²) in [7, 11) is 1.46. The molecule has 1 aliphatic rings. The van der Waals surface area contributed by atoms with Gasteiger partial charge in [0.15, 0.2) is 11.7 Å². The Hall–Kier alpha value is -2.54. The number of methoxy groups -OCH3 is 1. The molecule has 0 spiro atoms. The molecule has 2 N–H and O–H groups in total. The van der Waals surface area contributed by atoms with Gasteiger partial charge in [-0.3, -0.25) is 4.79 Å². The van der Waals surface area contributed by atoms with Crippen LogP contribution in [0, 0.1) is 0 Å². The molecule has 2 aromatic rings. The fourth-order valence-corrected chi connectivity index (χ4v) is 2.58. The van der Waals surface area contributed by atoms with E-state index in [2.05, 4.69) is 10.5 Å². The molecule has 1 atom stereocenters. The largest absolute Gasteiger partial charge is 0.495 e. The number of carboxylic acids is 1. The van der Waals surface area contributed by atoms with E-state index in [9.17, 15) is 14.7 Å². The minimum absolute atomic E-state index is 0.0581. The van der Waals surface area contributed by atoms with Crippen LogP contribution in [0.3, 0.4) is 0 Å². The zero-order chi connectivity index (χ0) is 17.3. The zero-order valence-corrected chi connectivity index (χ0v) is 13.5. The lowest BCUT2D eigenvalue weighted by Crippen LogP contribution is -2.33. The lowest BCUT2D eigenvalue weighted by molar-refractivity contribution is -0.139. The van der Waals surface area contributed by atoms with Gasteiger partial charge in [0, 0.05) is 12.0 Å². The van der Waals surface area contributed by atoms with Crippen LogP contribution in [-0.4, -0.2) is 29.2 Å². The highest BCUT2D eigenvalue weighted by molar-refractivity contribution is 6.32. The standard InChI is InChI=1S/C16H15ClN2O5/c1-23-12-5-4-9(6-10(12)17)14(16(21)22)18-15(20)11-7-13(24-19-11)8-2-3-8/h4-8,14H,2-3H2,1H3,(H,18,20)(H,21,22). The number of hydrogen-bond donors (Lipinski definition) is 2. The van der Waals surface area contributed by atoms with Crippen molar-refractivity contribution < 1.29 is 24.0 Å². The van der Waals surface area contributed by atoms with Crippen molar-refractivity contribution in [2.24, 2.45) is 0 Å². The van der Waals surface area contributed by atoms with Gasteiger partial charge in [0.1, 0.15) is 11.5 Å². The third-order valence-electron chi connectivity index (χ3n) is 3.77. The van der Waals surface area contributed by atoms with Crippen LogP contribution in [0.2, 0.25) is 5.02 Å². The van der Waals surface area contributed by atoms with E-state index in [1.807, 2.05) is 0 Å². The minimum atomic E-state index is -1.26. The van der Waals surface area contributed by atoms with Crippen LogP contribution in [0.4, 0.5) is 0 Å². The first-order valence-electron chi connectivity index (χ1n) is 7.33. The van der Waals surface area contributed by atoms with Crippen molar-refractivity contribution in [2.45, 2.75) is 24.8 Å². The molecule has 126 valence electrons. The second-order valence-corrected chi connectivity index (χ2v) is 5.93. The number of nitrogens with zero attached hydrogens (tertiary/aromatic N) is 1. The van der Waals surface area contributed by atoms with Crippen LogP contribution in [-0.2, 0) is 4.79 Å². The maximum atomic E-state index is 12.2. The first kappa shape index (κ1) is 16.3. The molecule has 0 saturated heterocycles. The van der Waals surface area contributed by atoms with E-state index in [1.165, 1.54) is 19.2 Å². The van der Waals surface area contributed by atoms with Crippen molar-refractivity contribution in [2.75, 3.05) is 7.11 Å². The summed E-state index contributed by atoms with van der Waals surface area (Å²) in [6.45, 7) is 0. The van der Waals surface area contributed by atoms with E-state index in [1.54, 1.807) is 12.1 Å². The van der Waals surface area contributed by atoms with Crippen LogP contribution in [0.15, 0.2) is 28.8 Å². The molecule has 0 radical (unpaired) electrons. The van der Waals surface area contributed by atoms with Gasteiger partial charge in [-0.2, -0.15) is 0 Å². The molecule has 0 bridgehead atoms. The maximum Gasteiger partial charge on any atom is 0.330 e. The lowest BCUT2D eigenvalue weighted by atomic mass is 10.1. The molecule has 24 heavy (non-hydrogen) atoms. The van der Waals surface area contributed by atoms with Crippen molar-refractivity contribution in [3.8, 4) is 5.75 Å². The van der Waals surface area contributed by atoms with Crippen LogP contribution >= 0.6 is 11.6 Å². The summed E-state index contributed by atoms with van der Waals surface area (Å²) in [4.78, 5) is 23.8. The molecule has 3 rings (SSSR count). The Balaban J connectivity index is 1.79. The summed E-state index contributed by atoms with van der Waals surface area (Å²) in [6.07, 6.45) is 2.02. The van der Waals surface area contributed by atoms with Gasteiger partial charge >= 0.3 is 5.97 Å². The number of ether oxygens (including phenoxy) is 1. The molecule has 8 heteroatoms. The third-order valence-corrected chi connectivity index (χ3v) is 4.07. The molecule has 1 aromatic carbocycles. The zero-order valence-electron chi connectivity index (χ0n) is 12.8. The fourth-order valence-electron chi connectivity index (χ4n) is 2.31. The second-order valence-electron chi connectivity index (χ2n) is 5.53. The van der Waals surface area contributed by atoms with Crippen molar-refractivity contribution in [3.63, 3.8) is 0 Å². The van der Waals surface area contributed by atoms with Crippen LogP contribution in [0.1, 0.15) is 46.6 Å². The van der Waals surface area contributed by atoms with Crippen molar-refractivity contribution in [1.82, 2.24) is 10.5 Å². The summed E-state index contributed by atoms with van der Waals surface area (Å²) >= 11 is 6.02. The first-order chi connectivity index (χ1) is 11.5. The van der Waals surface area contributed by atoms with Crippen LogP contribution in [0.25, 0.3) is 0 Å². The van der Waals surface area contributed by atoms with Gasteiger partial charge in [-0.1, -0.05) is 22.8 Å². The monoisotopic (exact) mass is 350 g/mol. The Morgan fingerprint density at radius 1 is 1.42 bits per heavy atom.